The van der Waals surface area contributed by atoms with Crippen molar-refractivity contribution in [1.82, 2.24) is 10.2 Å². The van der Waals surface area contributed by atoms with Gasteiger partial charge in [-0.15, -0.1) is 11.3 Å². The van der Waals surface area contributed by atoms with Gasteiger partial charge in [-0.1, -0.05) is 33.6 Å². The van der Waals surface area contributed by atoms with Crippen LogP contribution in [0.5, 0.6) is 0 Å². The van der Waals surface area contributed by atoms with Crippen LogP contribution >= 0.6 is 11.3 Å². The molecule has 9 heteroatoms. The van der Waals surface area contributed by atoms with Gasteiger partial charge in [0.1, 0.15) is 6.54 Å². The molecule has 1 aliphatic carbocycles. The van der Waals surface area contributed by atoms with Crippen LogP contribution < -0.4 is 5.32 Å². The van der Waals surface area contributed by atoms with Gasteiger partial charge in [0.05, 0.1) is 23.3 Å². The van der Waals surface area contributed by atoms with Crippen molar-refractivity contribution in [1.29, 1.82) is 0 Å². The molecule has 168 valence electrons. The summed E-state index contributed by atoms with van der Waals surface area (Å²) < 4.78 is 5.02. The fourth-order valence-electron chi connectivity index (χ4n) is 3.83. The van der Waals surface area contributed by atoms with Gasteiger partial charge in [-0.3, -0.25) is 28.9 Å². The molecule has 2 aliphatic rings. The van der Waals surface area contributed by atoms with E-state index in [0.29, 0.717) is 24.3 Å². The second-order valence-corrected chi connectivity index (χ2v) is 10.2. The maximum absolute atomic E-state index is 12.4. The Kier molecular flexibility index (Phi) is 6.93. The van der Waals surface area contributed by atoms with Gasteiger partial charge in [0, 0.05) is 10.3 Å². The number of hydrogen-bond acceptors (Lipinski definition) is 7. The standard InChI is InChI=1S/C22H28N2O6S/c1-22(2,3)21(29)23-10-13-8-9-17(31-13)16(25)12-30-18(26)11-24-19(27)14-6-4-5-7-15(14)20(24)28/h8-9,14-15H,4-7,10-12H2,1-3H3,(H,23,29)/t14-,15-/m1/s1. The van der Waals surface area contributed by atoms with Crippen LogP contribution in [0.3, 0.4) is 0 Å². The Morgan fingerprint density at radius 1 is 1.10 bits per heavy atom. The monoisotopic (exact) mass is 448 g/mol. The van der Waals surface area contributed by atoms with Gasteiger partial charge in [-0.2, -0.15) is 0 Å². The first-order chi connectivity index (χ1) is 14.6. The van der Waals surface area contributed by atoms with E-state index in [1.54, 1.807) is 12.1 Å². The van der Waals surface area contributed by atoms with E-state index in [1.807, 2.05) is 20.8 Å². The first-order valence-electron chi connectivity index (χ1n) is 10.5. The number of Topliss-reactive ketones (excluding diaryl/α,β-unsaturated/α-hetero) is 1. The van der Waals surface area contributed by atoms with Crippen molar-refractivity contribution in [2.24, 2.45) is 17.3 Å². The number of ether oxygens (including phenoxy) is 1. The topological polar surface area (TPSA) is 110 Å². The lowest BCUT2D eigenvalue weighted by atomic mass is 9.81. The van der Waals surface area contributed by atoms with Crippen LogP contribution in [0.25, 0.3) is 0 Å². The summed E-state index contributed by atoms with van der Waals surface area (Å²) >= 11 is 1.22. The molecular weight excluding hydrogens is 420 g/mol. The number of likely N-dealkylation sites (tertiary alicyclic amines) is 1. The molecule has 0 radical (unpaired) electrons. The Balaban J connectivity index is 1.47. The number of amides is 3. The van der Waals surface area contributed by atoms with Crippen LogP contribution in [0, 0.1) is 17.3 Å². The zero-order valence-electron chi connectivity index (χ0n) is 18.1. The minimum atomic E-state index is -0.775. The van der Waals surface area contributed by atoms with Crippen LogP contribution in [0.1, 0.15) is 61.0 Å². The molecule has 3 amide bonds. The molecule has 2 atom stereocenters. The van der Waals surface area contributed by atoms with E-state index in [9.17, 15) is 24.0 Å². The predicted octanol–water partition coefficient (Wildman–Crippen LogP) is 2.31. The predicted molar refractivity (Wildman–Crippen MR) is 113 cm³/mol. The number of thiophene rings is 1. The van der Waals surface area contributed by atoms with Crippen molar-refractivity contribution in [3.8, 4) is 0 Å². The fourth-order valence-corrected chi connectivity index (χ4v) is 4.71. The molecule has 2 fully saturated rings. The molecule has 1 aromatic rings. The summed E-state index contributed by atoms with van der Waals surface area (Å²) in [5, 5.41) is 2.82. The number of carbonyl (C=O) groups is 5. The summed E-state index contributed by atoms with van der Waals surface area (Å²) in [5.74, 6) is -2.50. The first-order valence-corrected chi connectivity index (χ1v) is 11.3. The van der Waals surface area contributed by atoms with Crippen molar-refractivity contribution in [3.63, 3.8) is 0 Å². The van der Waals surface area contributed by atoms with Crippen molar-refractivity contribution in [2.75, 3.05) is 13.2 Å². The molecule has 0 aromatic carbocycles. The van der Waals surface area contributed by atoms with Gasteiger partial charge in [-0.05, 0) is 25.0 Å². The van der Waals surface area contributed by atoms with E-state index in [0.717, 1.165) is 22.6 Å². The molecule has 8 nitrogen and oxygen atoms in total. The van der Waals surface area contributed by atoms with E-state index in [-0.39, 0.29) is 35.3 Å². The highest BCUT2D eigenvalue weighted by Gasteiger charge is 2.48. The third kappa shape index (κ3) is 5.39. The van der Waals surface area contributed by atoms with E-state index in [2.05, 4.69) is 5.32 Å². The van der Waals surface area contributed by atoms with Gasteiger partial charge in [-0.25, -0.2) is 0 Å². The summed E-state index contributed by atoms with van der Waals surface area (Å²) in [6, 6.07) is 3.36. The summed E-state index contributed by atoms with van der Waals surface area (Å²) in [6.45, 7) is 4.85. The average Bonchev–Trinajstić information content (AvgIpc) is 3.29. The van der Waals surface area contributed by atoms with E-state index >= 15 is 0 Å². The van der Waals surface area contributed by atoms with Crippen molar-refractivity contribution >= 4 is 40.8 Å². The smallest absolute Gasteiger partial charge is 0.326 e. The maximum Gasteiger partial charge on any atom is 0.326 e. The summed E-state index contributed by atoms with van der Waals surface area (Å²) in [7, 11) is 0. The molecule has 1 N–H and O–H groups in total. The molecule has 31 heavy (non-hydrogen) atoms. The summed E-state index contributed by atoms with van der Waals surface area (Å²) in [4.78, 5) is 63.5. The number of esters is 1. The molecule has 0 unspecified atom stereocenters. The Labute approximate surface area is 185 Å². The number of hydrogen-bond donors (Lipinski definition) is 1. The Hall–Kier alpha value is -2.55. The largest absolute Gasteiger partial charge is 0.456 e. The fraction of sp³-hybridized carbons (Fsp3) is 0.591. The summed E-state index contributed by atoms with van der Waals surface area (Å²) in [6.07, 6.45) is 3.18. The van der Waals surface area contributed by atoms with Crippen LogP contribution in [0.4, 0.5) is 0 Å². The maximum atomic E-state index is 12.4. The van der Waals surface area contributed by atoms with Crippen LogP contribution in [0.2, 0.25) is 0 Å². The molecule has 1 saturated carbocycles. The van der Waals surface area contributed by atoms with Gasteiger partial charge in [0.15, 0.2) is 6.61 Å². The zero-order chi connectivity index (χ0) is 22.8. The number of ketones is 1. The minimum Gasteiger partial charge on any atom is -0.456 e. The molecular formula is C22H28N2O6S. The van der Waals surface area contributed by atoms with E-state index in [4.69, 9.17) is 4.74 Å². The molecule has 1 saturated heterocycles. The SMILES string of the molecule is CC(C)(C)C(=O)NCc1ccc(C(=O)COC(=O)CN2C(=O)[C@@H]3CCCC[C@H]3C2=O)s1. The Morgan fingerprint density at radius 2 is 1.71 bits per heavy atom. The van der Waals surface area contributed by atoms with Crippen LogP contribution in [0.15, 0.2) is 12.1 Å². The molecule has 1 aromatic heterocycles. The van der Waals surface area contributed by atoms with Crippen molar-refractivity contribution < 1.29 is 28.7 Å². The van der Waals surface area contributed by atoms with Gasteiger partial charge >= 0.3 is 5.97 Å². The van der Waals surface area contributed by atoms with Gasteiger partial charge < -0.3 is 10.1 Å². The third-order valence-electron chi connectivity index (χ3n) is 5.62. The number of carbonyl (C=O) groups excluding carboxylic acids is 5. The van der Waals surface area contributed by atoms with E-state index in [1.165, 1.54) is 11.3 Å². The second-order valence-electron chi connectivity index (χ2n) is 9.04. The normalized spacial score (nSPS) is 21.1. The van der Waals surface area contributed by atoms with Crippen LogP contribution in [-0.4, -0.2) is 47.5 Å². The molecule has 0 spiro atoms. The molecule has 0 bridgehead atoms. The quantitative estimate of drug-likeness (QED) is 0.389. The Morgan fingerprint density at radius 3 is 2.29 bits per heavy atom. The zero-order valence-corrected chi connectivity index (χ0v) is 18.9. The lowest BCUT2D eigenvalue weighted by Gasteiger charge is -2.19. The first kappa shape index (κ1) is 23.1. The third-order valence-corrected chi connectivity index (χ3v) is 6.75. The van der Waals surface area contributed by atoms with E-state index < -0.39 is 24.5 Å². The number of fused-ring (bicyclic) bond motifs is 1. The highest BCUT2D eigenvalue weighted by atomic mass is 32.1. The molecule has 2 heterocycles. The lowest BCUT2D eigenvalue weighted by molar-refractivity contribution is -0.152. The average molecular weight is 449 g/mol. The van der Waals surface area contributed by atoms with Gasteiger partial charge in [0.25, 0.3) is 0 Å². The number of nitrogens with zero attached hydrogens (tertiary/aromatic N) is 1. The summed E-state index contributed by atoms with van der Waals surface area (Å²) in [5.41, 5.74) is -0.500. The van der Waals surface area contributed by atoms with Gasteiger partial charge in [0.2, 0.25) is 23.5 Å². The van der Waals surface area contributed by atoms with Crippen LogP contribution in [-0.2, 0) is 30.5 Å². The molecule has 3 rings (SSSR count). The number of imide groups is 1. The number of nitrogens with one attached hydrogen (secondary N) is 1. The molecule has 1 aliphatic heterocycles. The highest BCUT2D eigenvalue weighted by molar-refractivity contribution is 7.14. The minimum absolute atomic E-state index is 0.0893. The second kappa shape index (κ2) is 9.30. The highest BCUT2D eigenvalue weighted by Crippen LogP contribution is 2.37. The number of rotatable bonds is 7. The Bertz CT molecular complexity index is 876. The van der Waals surface area contributed by atoms with Crippen molar-refractivity contribution in [3.05, 3.63) is 21.9 Å². The van der Waals surface area contributed by atoms with Crippen molar-refractivity contribution in [2.45, 2.75) is 53.0 Å². The lowest BCUT2D eigenvalue weighted by Crippen LogP contribution is -2.37.